The number of nitrogens with zero attached hydrogens (tertiary/aromatic N) is 2. The molecule has 1 aromatic carbocycles. The molecule has 0 spiro atoms. The largest absolute Gasteiger partial charge is 0.487 e. The van der Waals surface area contributed by atoms with Gasteiger partial charge < -0.3 is 9.64 Å². The van der Waals surface area contributed by atoms with Gasteiger partial charge in [0.25, 0.3) is 5.91 Å². The van der Waals surface area contributed by atoms with Crippen LogP contribution in [0.3, 0.4) is 0 Å². The summed E-state index contributed by atoms with van der Waals surface area (Å²) >= 11 is 10.5. The molecule has 4 nitrogen and oxygen atoms in total. The van der Waals surface area contributed by atoms with E-state index >= 15 is 0 Å². The van der Waals surface area contributed by atoms with Gasteiger partial charge in [-0.05, 0) is 25.1 Å². The number of aromatic nitrogens is 1. The highest BCUT2D eigenvalue weighted by Gasteiger charge is 2.16. The van der Waals surface area contributed by atoms with Gasteiger partial charge in [-0.15, -0.1) is 11.3 Å². The molecule has 0 N–H and O–H groups in total. The van der Waals surface area contributed by atoms with E-state index in [-0.39, 0.29) is 5.91 Å². The minimum absolute atomic E-state index is 0.0673. The van der Waals surface area contributed by atoms with Crippen molar-refractivity contribution < 1.29 is 9.53 Å². The van der Waals surface area contributed by atoms with E-state index < -0.39 is 0 Å². The molecule has 0 aliphatic heterocycles. The second-order valence-corrected chi connectivity index (χ2v) is 6.94. The molecule has 112 valence electrons. The first kappa shape index (κ1) is 16.3. The van der Waals surface area contributed by atoms with Crippen molar-refractivity contribution in [1.29, 1.82) is 0 Å². The molecular weight excluding hydrogens is 376 g/mol. The summed E-state index contributed by atoms with van der Waals surface area (Å²) in [7, 11) is 1.76. The Morgan fingerprint density at radius 1 is 1.52 bits per heavy atom. The molecule has 0 saturated carbocycles. The second kappa shape index (κ2) is 7.24. The highest BCUT2D eigenvalue weighted by Crippen LogP contribution is 2.27. The average Bonchev–Trinajstić information content (AvgIpc) is 2.89. The molecule has 0 unspecified atom stereocenters. The summed E-state index contributed by atoms with van der Waals surface area (Å²) in [5, 5.41) is 0. The minimum atomic E-state index is -0.0673. The molecule has 0 radical (unpaired) electrons. The Balaban J connectivity index is 2.20. The van der Waals surface area contributed by atoms with Gasteiger partial charge in [0.05, 0.1) is 10.4 Å². The van der Waals surface area contributed by atoms with Crippen molar-refractivity contribution in [3.8, 4) is 5.75 Å². The monoisotopic (exact) mass is 388 g/mol. The summed E-state index contributed by atoms with van der Waals surface area (Å²) in [6.45, 7) is 2.90. The van der Waals surface area contributed by atoms with Crippen LogP contribution in [0.5, 0.6) is 5.75 Å². The van der Waals surface area contributed by atoms with Gasteiger partial charge in [-0.1, -0.05) is 27.5 Å². The van der Waals surface area contributed by atoms with E-state index in [1.54, 1.807) is 30.3 Å². The molecule has 0 saturated heterocycles. The third-order valence-electron chi connectivity index (χ3n) is 2.89. The highest BCUT2D eigenvalue weighted by molar-refractivity contribution is 9.10. The Hall–Kier alpha value is -1.11. The zero-order valence-corrected chi connectivity index (χ0v) is 14.8. The van der Waals surface area contributed by atoms with Crippen LogP contribution in [0.15, 0.2) is 28.9 Å². The molecule has 1 amide bonds. The topological polar surface area (TPSA) is 42.4 Å². The molecule has 0 bridgehead atoms. The predicted molar refractivity (Wildman–Crippen MR) is 88.2 cm³/mol. The fraction of sp³-hybridized carbons (Fsp3) is 0.286. The van der Waals surface area contributed by atoms with Crippen molar-refractivity contribution in [1.82, 2.24) is 9.88 Å². The quantitative estimate of drug-likeness (QED) is 0.768. The fourth-order valence-corrected chi connectivity index (χ4v) is 2.87. The normalized spacial score (nSPS) is 10.5. The summed E-state index contributed by atoms with van der Waals surface area (Å²) < 4.78 is 7.10. The Morgan fingerprint density at radius 2 is 2.29 bits per heavy atom. The number of hydrogen-bond donors (Lipinski definition) is 0. The summed E-state index contributed by atoms with van der Waals surface area (Å²) in [4.78, 5) is 18.8. The van der Waals surface area contributed by atoms with Gasteiger partial charge in [0.2, 0.25) is 0 Å². The lowest BCUT2D eigenvalue weighted by atomic mass is 10.2. The van der Waals surface area contributed by atoms with Crippen molar-refractivity contribution in [3.63, 3.8) is 0 Å². The van der Waals surface area contributed by atoms with E-state index in [1.165, 1.54) is 11.3 Å². The van der Waals surface area contributed by atoms with E-state index in [1.807, 2.05) is 13.0 Å². The average molecular weight is 390 g/mol. The summed E-state index contributed by atoms with van der Waals surface area (Å²) in [6.07, 6.45) is 1.67. The van der Waals surface area contributed by atoms with Crippen molar-refractivity contribution in [2.75, 3.05) is 13.6 Å². The number of thiazole rings is 1. The predicted octanol–water partition coefficient (Wildman–Crippen LogP) is 4.23. The first-order valence-corrected chi connectivity index (χ1v) is 8.28. The Morgan fingerprint density at radius 3 is 2.90 bits per heavy atom. The van der Waals surface area contributed by atoms with Gasteiger partial charge in [0.15, 0.2) is 4.47 Å². The number of carbonyl (C=O) groups excluding carboxylic acids is 1. The zero-order chi connectivity index (χ0) is 15.4. The van der Waals surface area contributed by atoms with Gasteiger partial charge in [0.1, 0.15) is 12.4 Å². The summed E-state index contributed by atoms with van der Waals surface area (Å²) in [6, 6.07) is 5.38. The third kappa shape index (κ3) is 4.18. The van der Waals surface area contributed by atoms with Crippen LogP contribution in [0, 0.1) is 0 Å². The lowest BCUT2D eigenvalue weighted by molar-refractivity contribution is 0.0797. The summed E-state index contributed by atoms with van der Waals surface area (Å²) in [5.41, 5.74) is 0.540. The van der Waals surface area contributed by atoms with E-state index in [0.29, 0.717) is 28.9 Å². The maximum Gasteiger partial charge on any atom is 0.257 e. The molecule has 1 heterocycles. The van der Waals surface area contributed by atoms with Crippen LogP contribution in [0.25, 0.3) is 0 Å². The molecule has 7 heteroatoms. The Bertz CT molecular complexity index is 648. The van der Waals surface area contributed by atoms with Crippen LogP contribution in [0.1, 0.15) is 22.2 Å². The standard InChI is InChI=1S/C14H14BrClN2O2S/c1-3-18(2)13(19)11-5-4-9(15)6-12(11)20-8-10-7-17-14(16)21-10/h4-7H,3,8H2,1-2H3. The number of ether oxygens (including phenoxy) is 1. The molecule has 2 aromatic rings. The molecule has 0 fully saturated rings. The first-order valence-electron chi connectivity index (χ1n) is 6.29. The van der Waals surface area contributed by atoms with E-state index in [9.17, 15) is 4.79 Å². The molecule has 0 atom stereocenters. The van der Waals surface area contributed by atoms with Crippen molar-refractivity contribution in [2.45, 2.75) is 13.5 Å². The fourth-order valence-electron chi connectivity index (χ4n) is 1.64. The van der Waals surface area contributed by atoms with E-state index in [4.69, 9.17) is 16.3 Å². The number of carbonyl (C=O) groups is 1. The van der Waals surface area contributed by atoms with Crippen LogP contribution in [0.4, 0.5) is 0 Å². The van der Waals surface area contributed by atoms with E-state index in [2.05, 4.69) is 20.9 Å². The summed E-state index contributed by atoms with van der Waals surface area (Å²) in [5.74, 6) is 0.474. The molecule has 2 rings (SSSR count). The Kier molecular flexibility index (Phi) is 5.61. The maximum absolute atomic E-state index is 12.3. The third-order valence-corrected chi connectivity index (χ3v) is 4.47. The lowest BCUT2D eigenvalue weighted by Gasteiger charge is -2.17. The molecule has 21 heavy (non-hydrogen) atoms. The smallest absolute Gasteiger partial charge is 0.257 e. The van der Waals surface area contributed by atoms with Crippen LogP contribution >= 0.6 is 38.9 Å². The van der Waals surface area contributed by atoms with Gasteiger partial charge >= 0.3 is 0 Å². The number of rotatable bonds is 5. The number of amides is 1. The Labute approximate surface area is 140 Å². The van der Waals surface area contributed by atoms with Crippen LogP contribution < -0.4 is 4.74 Å². The van der Waals surface area contributed by atoms with Crippen molar-refractivity contribution in [3.05, 3.63) is 43.8 Å². The maximum atomic E-state index is 12.3. The van der Waals surface area contributed by atoms with Crippen molar-refractivity contribution >= 4 is 44.8 Å². The molecule has 1 aromatic heterocycles. The van der Waals surface area contributed by atoms with Gasteiger partial charge in [-0.3, -0.25) is 4.79 Å². The first-order chi connectivity index (χ1) is 10.0. The van der Waals surface area contributed by atoms with Crippen molar-refractivity contribution in [2.24, 2.45) is 0 Å². The molecule has 0 aliphatic carbocycles. The second-order valence-electron chi connectivity index (χ2n) is 4.33. The number of hydrogen-bond acceptors (Lipinski definition) is 4. The van der Waals surface area contributed by atoms with Crippen LogP contribution in [-0.2, 0) is 6.61 Å². The van der Waals surface area contributed by atoms with Gasteiger partial charge in [0, 0.05) is 24.3 Å². The van der Waals surface area contributed by atoms with Crippen LogP contribution in [-0.4, -0.2) is 29.4 Å². The molecular formula is C14H14BrClN2O2S. The van der Waals surface area contributed by atoms with Gasteiger partial charge in [-0.25, -0.2) is 4.98 Å². The number of halogens is 2. The van der Waals surface area contributed by atoms with Gasteiger partial charge in [-0.2, -0.15) is 0 Å². The van der Waals surface area contributed by atoms with E-state index in [0.717, 1.165) is 9.35 Å². The number of benzene rings is 1. The SMILES string of the molecule is CCN(C)C(=O)c1ccc(Br)cc1OCc1cnc(Cl)s1. The minimum Gasteiger partial charge on any atom is -0.487 e. The van der Waals surface area contributed by atoms with Crippen LogP contribution in [0.2, 0.25) is 4.47 Å². The zero-order valence-electron chi connectivity index (χ0n) is 11.6. The lowest BCUT2D eigenvalue weighted by Crippen LogP contribution is -2.26. The highest BCUT2D eigenvalue weighted by atomic mass is 79.9. The molecule has 0 aliphatic rings.